The SMILES string of the molecule is CCc1nc(NC)cc(SCC2CCCO2)n1. The van der Waals surface area contributed by atoms with E-state index in [1.54, 1.807) is 11.8 Å². The number of rotatable bonds is 5. The van der Waals surface area contributed by atoms with Crippen molar-refractivity contribution in [3.63, 3.8) is 0 Å². The standard InChI is InChI=1S/C12H19N3OS/c1-3-10-14-11(13-2)7-12(15-10)17-8-9-5-4-6-16-9/h7,9H,3-6,8H2,1-2H3,(H,13,14,15). The van der Waals surface area contributed by atoms with Crippen LogP contribution in [0.3, 0.4) is 0 Å². The van der Waals surface area contributed by atoms with E-state index in [1.165, 1.54) is 12.8 Å². The van der Waals surface area contributed by atoms with Gasteiger partial charge in [0.2, 0.25) is 0 Å². The normalized spacial score (nSPS) is 19.5. The lowest BCUT2D eigenvalue weighted by molar-refractivity contribution is 0.129. The second-order valence-electron chi connectivity index (χ2n) is 4.06. The number of thioether (sulfide) groups is 1. The van der Waals surface area contributed by atoms with Gasteiger partial charge in [0.1, 0.15) is 16.7 Å². The molecule has 1 aromatic rings. The molecule has 94 valence electrons. The summed E-state index contributed by atoms with van der Waals surface area (Å²) in [5.74, 6) is 2.78. The lowest BCUT2D eigenvalue weighted by atomic mass is 10.3. The molecule has 5 heteroatoms. The summed E-state index contributed by atoms with van der Waals surface area (Å²) in [6.07, 6.45) is 3.63. The molecule has 1 unspecified atom stereocenters. The molecule has 0 amide bonds. The molecule has 1 N–H and O–H groups in total. The Morgan fingerprint density at radius 1 is 1.53 bits per heavy atom. The molecule has 1 aliphatic heterocycles. The highest BCUT2D eigenvalue weighted by atomic mass is 32.2. The van der Waals surface area contributed by atoms with Gasteiger partial charge in [0.15, 0.2) is 0 Å². The summed E-state index contributed by atoms with van der Waals surface area (Å²) < 4.78 is 5.61. The van der Waals surface area contributed by atoms with Gasteiger partial charge in [-0.25, -0.2) is 9.97 Å². The number of aromatic nitrogens is 2. The molecule has 0 spiro atoms. The van der Waals surface area contributed by atoms with Crippen LogP contribution in [0.1, 0.15) is 25.6 Å². The van der Waals surface area contributed by atoms with E-state index in [2.05, 4.69) is 22.2 Å². The molecule has 2 heterocycles. The predicted octanol–water partition coefficient (Wildman–Crippen LogP) is 2.35. The van der Waals surface area contributed by atoms with Crippen molar-refractivity contribution in [2.45, 2.75) is 37.3 Å². The third kappa shape index (κ3) is 3.57. The minimum absolute atomic E-state index is 0.401. The molecule has 0 radical (unpaired) electrons. The third-order valence-electron chi connectivity index (χ3n) is 2.76. The topological polar surface area (TPSA) is 47.0 Å². The van der Waals surface area contributed by atoms with Crippen LogP contribution in [-0.2, 0) is 11.2 Å². The molecule has 1 aliphatic rings. The van der Waals surface area contributed by atoms with Crippen LogP contribution in [0.5, 0.6) is 0 Å². The number of aryl methyl sites for hydroxylation is 1. The van der Waals surface area contributed by atoms with Crippen molar-refractivity contribution in [2.75, 3.05) is 24.7 Å². The van der Waals surface area contributed by atoms with Gasteiger partial charge in [-0.1, -0.05) is 6.92 Å². The summed E-state index contributed by atoms with van der Waals surface area (Å²) in [6.45, 7) is 2.99. The quantitative estimate of drug-likeness (QED) is 0.645. The molecular formula is C12H19N3OS. The number of hydrogen-bond acceptors (Lipinski definition) is 5. The van der Waals surface area contributed by atoms with E-state index in [0.717, 1.165) is 35.4 Å². The van der Waals surface area contributed by atoms with Crippen molar-refractivity contribution >= 4 is 17.6 Å². The van der Waals surface area contributed by atoms with Crippen molar-refractivity contribution in [1.82, 2.24) is 9.97 Å². The van der Waals surface area contributed by atoms with Crippen LogP contribution in [0.4, 0.5) is 5.82 Å². The van der Waals surface area contributed by atoms with Gasteiger partial charge in [-0.05, 0) is 12.8 Å². The van der Waals surface area contributed by atoms with Crippen LogP contribution in [-0.4, -0.2) is 35.5 Å². The third-order valence-corrected chi connectivity index (χ3v) is 3.81. The van der Waals surface area contributed by atoms with Gasteiger partial charge in [0.05, 0.1) is 6.10 Å². The summed E-state index contributed by atoms with van der Waals surface area (Å²) in [5, 5.41) is 4.11. The van der Waals surface area contributed by atoms with Crippen molar-refractivity contribution < 1.29 is 4.74 Å². The monoisotopic (exact) mass is 253 g/mol. The molecule has 1 aromatic heterocycles. The summed E-state index contributed by atoms with van der Waals surface area (Å²) in [5.41, 5.74) is 0. The first kappa shape index (κ1) is 12.6. The Bertz CT molecular complexity index is 345. The van der Waals surface area contributed by atoms with E-state index in [1.807, 2.05) is 13.1 Å². The lowest BCUT2D eigenvalue weighted by Crippen LogP contribution is -2.08. The highest BCUT2D eigenvalue weighted by Crippen LogP contribution is 2.23. The van der Waals surface area contributed by atoms with E-state index in [4.69, 9.17) is 4.74 Å². The Morgan fingerprint density at radius 2 is 2.41 bits per heavy atom. The van der Waals surface area contributed by atoms with Gasteiger partial charge < -0.3 is 10.1 Å². The first-order valence-electron chi connectivity index (χ1n) is 6.12. The van der Waals surface area contributed by atoms with Crippen LogP contribution in [0.25, 0.3) is 0 Å². The largest absolute Gasteiger partial charge is 0.377 e. The number of ether oxygens (including phenoxy) is 1. The Labute approximate surface area is 107 Å². The number of hydrogen-bond donors (Lipinski definition) is 1. The zero-order valence-electron chi connectivity index (χ0n) is 10.4. The van der Waals surface area contributed by atoms with Crippen LogP contribution < -0.4 is 5.32 Å². The fourth-order valence-electron chi connectivity index (χ4n) is 1.79. The van der Waals surface area contributed by atoms with Crippen molar-refractivity contribution in [2.24, 2.45) is 0 Å². The van der Waals surface area contributed by atoms with E-state index in [0.29, 0.717) is 6.10 Å². The maximum atomic E-state index is 5.61. The molecule has 1 atom stereocenters. The summed E-state index contributed by atoms with van der Waals surface area (Å²) in [6, 6.07) is 2.00. The Kier molecular flexibility index (Phi) is 4.62. The van der Waals surface area contributed by atoms with Crippen molar-refractivity contribution in [1.29, 1.82) is 0 Å². The van der Waals surface area contributed by atoms with E-state index in [9.17, 15) is 0 Å². The van der Waals surface area contributed by atoms with Gasteiger partial charge >= 0.3 is 0 Å². The van der Waals surface area contributed by atoms with Crippen LogP contribution in [0.15, 0.2) is 11.1 Å². The zero-order valence-corrected chi connectivity index (χ0v) is 11.2. The lowest BCUT2D eigenvalue weighted by Gasteiger charge is -2.09. The summed E-state index contributed by atoms with van der Waals surface area (Å²) >= 11 is 1.76. The Hall–Kier alpha value is -0.810. The second kappa shape index (κ2) is 6.21. The number of anilines is 1. The number of nitrogens with zero attached hydrogens (tertiary/aromatic N) is 2. The molecule has 0 aliphatic carbocycles. The maximum absolute atomic E-state index is 5.61. The van der Waals surface area contributed by atoms with Crippen LogP contribution >= 0.6 is 11.8 Å². The molecular weight excluding hydrogens is 234 g/mol. The molecule has 2 rings (SSSR count). The Balaban J connectivity index is 1.98. The zero-order chi connectivity index (χ0) is 12.1. The molecule has 17 heavy (non-hydrogen) atoms. The predicted molar refractivity (Wildman–Crippen MR) is 70.7 cm³/mol. The molecule has 4 nitrogen and oxygen atoms in total. The summed E-state index contributed by atoms with van der Waals surface area (Å²) in [7, 11) is 1.89. The molecule has 0 bridgehead atoms. The van der Waals surface area contributed by atoms with Gasteiger partial charge in [-0.3, -0.25) is 0 Å². The smallest absolute Gasteiger partial charge is 0.131 e. The van der Waals surface area contributed by atoms with Gasteiger partial charge in [0, 0.05) is 31.9 Å². The van der Waals surface area contributed by atoms with Crippen molar-refractivity contribution in [3.8, 4) is 0 Å². The van der Waals surface area contributed by atoms with E-state index >= 15 is 0 Å². The van der Waals surface area contributed by atoms with Crippen molar-refractivity contribution in [3.05, 3.63) is 11.9 Å². The molecule has 1 saturated heterocycles. The van der Waals surface area contributed by atoms with E-state index in [-0.39, 0.29) is 0 Å². The van der Waals surface area contributed by atoms with E-state index < -0.39 is 0 Å². The minimum atomic E-state index is 0.401. The van der Waals surface area contributed by atoms with Gasteiger partial charge in [0.25, 0.3) is 0 Å². The molecule has 0 saturated carbocycles. The van der Waals surface area contributed by atoms with Crippen LogP contribution in [0.2, 0.25) is 0 Å². The summed E-state index contributed by atoms with van der Waals surface area (Å²) in [4.78, 5) is 8.90. The maximum Gasteiger partial charge on any atom is 0.131 e. The van der Waals surface area contributed by atoms with Gasteiger partial charge in [-0.2, -0.15) is 0 Å². The second-order valence-corrected chi connectivity index (χ2v) is 5.10. The average Bonchev–Trinajstić information content (AvgIpc) is 2.89. The fourth-order valence-corrected chi connectivity index (χ4v) is 2.77. The number of nitrogens with one attached hydrogen (secondary N) is 1. The van der Waals surface area contributed by atoms with Crippen LogP contribution in [0, 0.1) is 0 Å². The molecule has 0 aromatic carbocycles. The average molecular weight is 253 g/mol. The first-order chi connectivity index (χ1) is 8.31. The highest BCUT2D eigenvalue weighted by molar-refractivity contribution is 7.99. The minimum Gasteiger partial charge on any atom is -0.377 e. The Morgan fingerprint density at radius 3 is 3.06 bits per heavy atom. The fraction of sp³-hybridized carbons (Fsp3) is 0.667. The van der Waals surface area contributed by atoms with Gasteiger partial charge in [-0.15, -0.1) is 11.8 Å². The molecule has 1 fully saturated rings. The first-order valence-corrected chi connectivity index (χ1v) is 7.10. The highest BCUT2D eigenvalue weighted by Gasteiger charge is 2.16.